The third-order valence-electron chi connectivity index (χ3n) is 5.37. The van der Waals surface area contributed by atoms with Crippen molar-refractivity contribution in [1.29, 1.82) is 0 Å². The molecule has 0 spiro atoms. The highest BCUT2D eigenvalue weighted by atomic mass is 19.2. The fraction of sp³-hybridized carbons (Fsp3) is 0.435. The second-order valence-electron chi connectivity index (χ2n) is 7.57. The number of ether oxygens (including phenoxy) is 2. The molecule has 1 aliphatic rings. The molecule has 30 heavy (non-hydrogen) atoms. The van der Waals surface area contributed by atoms with Crippen molar-refractivity contribution in [2.24, 2.45) is 5.92 Å². The summed E-state index contributed by atoms with van der Waals surface area (Å²) in [5.74, 6) is -8.76. The van der Waals surface area contributed by atoms with Gasteiger partial charge in [-0.15, -0.1) is 0 Å². The van der Waals surface area contributed by atoms with Crippen molar-refractivity contribution in [2.75, 3.05) is 6.61 Å². The molecular formula is C23H24F4O3. The monoisotopic (exact) mass is 424 g/mol. The Balaban J connectivity index is 1.61. The molecule has 2 aromatic carbocycles. The zero-order chi connectivity index (χ0) is 21.7. The van der Waals surface area contributed by atoms with E-state index in [0.29, 0.717) is 12.5 Å². The Morgan fingerprint density at radius 2 is 1.70 bits per heavy atom. The summed E-state index contributed by atoms with van der Waals surface area (Å²) >= 11 is 0. The Bertz CT molecular complexity index is 849. The van der Waals surface area contributed by atoms with E-state index in [4.69, 9.17) is 4.74 Å². The maximum atomic E-state index is 13.7. The van der Waals surface area contributed by atoms with E-state index in [0.717, 1.165) is 18.4 Å². The van der Waals surface area contributed by atoms with Gasteiger partial charge in [0.1, 0.15) is 0 Å². The number of hydrogen-bond acceptors (Lipinski definition) is 3. The van der Waals surface area contributed by atoms with Crippen LogP contribution in [0.2, 0.25) is 0 Å². The summed E-state index contributed by atoms with van der Waals surface area (Å²) in [7, 11) is 0. The van der Waals surface area contributed by atoms with Gasteiger partial charge in [-0.2, -0.15) is 8.78 Å². The van der Waals surface area contributed by atoms with Gasteiger partial charge in [0.15, 0.2) is 11.6 Å². The third-order valence-corrected chi connectivity index (χ3v) is 5.37. The summed E-state index contributed by atoms with van der Waals surface area (Å²) in [6.07, 6.45) is 6.67. The molecule has 7 heteroatoms. The Kier molecular flexibility index (Phi) is 7.48. The molecule has 0 saturated carbocycles. The molecule has 3 nitrogen and oxygen atoms in total. The standard InChI is InChI=1S/C23H24F4O3/c1-2-3-4-5-14-6-11-19(29-13-14)15-7-9-16(10-8-15)23(28)30-22-20(26)17(24)12-18(25)21(22)27/h7-10,12,14,19H,2-6,11,13H2,1H3. The lowest BCUT2D eigenvalue weighted by molar-refractivity contribution is -0.0198. The Morgan fingerprint density at radius 3 is 2.27 bits per heavy atom. The van der Waals surface area contributed by atoms with Gasteiger partial charge in [0.05, 0.1) is 18.3 Å². The normalized spacial score (nSPS) is 19.0. The maximum Gasteiger partial charge on any atom is 0.343 e. The Hall–Kier alpha value is -2.41. The molecule has 0 bridgehead atoms. The SMILES string of the molecule is CCCCCC1CCC(c2ccc(C(=O)Oc3c(F)c(F)cc(F)c3F)cc2)OC1. The van der Waals surface area contributed by atoms with Crippen LogP contribution in [-0.4, -0.2) is 12.6 Å². The molecule has 0 N–H and O–H groups in total. The van der Waals surface area contributed by atoms with Gasteiger partial charge < -0.3 is 9.47 Å². The van der Waals surface area contributed by atoms with Gasteiger partial charge in [-0.25, -0.2) is 13.6 Å². The average Bonchev–Trinajstić information content (AvgIpc) is 2.76. The zero-order valence-corrected chi connectivity index (χ0v) is 16.7. The molecule has 1 heterocycles. The van der Waals surface area contributed by atoms with Crippen molar-refractivity contribution in [2.45, 2.75) is 51.6 Å². The van der Waals surface area contributed by atoms with E-state index in [1.165, 1.54) is 37.8 Å². The fourth-order valence-corrected chi connectivity index (χ4v) is 3.61. The number of halogens is 4. The molecule has 0 aliphatic carbocycles. The molecule has 3 rings (SSSR count). The van der Waals surface area contributed by atoms with Crippen LogP contribution in [0.1, 0.15) is 67.5 Å². The van der Waals surface area contributed by atoms with Gasteiger partial charge in [-0.05, 0) is 42.9 Å². The molecule has 1 aliphatic heterocycles. The molecular weight excluding hydrogens is 400 g/mol. The van der Waals surface area contributed by atoms with Crippen LogP contribution in [0.4, 0.5) is 17.6 Å². The number of benzene rings is 2. The van der Waals surface area contributed by atoms with Gasteiger partial charge >= 0.3 is 5.97 Å². The van der Waals surface area contributed by atoms with Gasteiger partial charge in [-0.1, -0.05) is 38.3 Å². The van der Waals surface area contributed by atoms with E-state index in [9.17, 15) is 22.4 Å². The van der Waals surface area contributed by atoms with Gasteiger partial charge in [0, 0.05) is 6.07 Å². The van der Waals surface area contributed by atoms with Crippen LogP contribution in [0.25, 0.3) is 0 Å². The van der Waals surface area contributed by atoms with E-state index in [1.54, 1.807) is 12.1 Å². The number of rotatable bonds is 7. The van der Waals surface area contributed by atoms with Crippen molar-refractivity contribution < 1.29 is 31.8 Å². The molecule has 2 unspecified atom stereocenters. The van der Waals surface area contributed by atoms with Crippen LogP contribution >= 0.6 is 0 Å². The van der Waals surface area contributed by atoms with E-state index in [-0.39, 0.29) is 17.7 Å². The van der Waals surface area contributed by atoms with Gasteiger partial charge in [0.2, 0.25) is 17.4 Å². The first-order chi connectivity index (χ1) is 14.4. The van der Waals surface area contributed by atoms with E-state index < -0.39 is 35.0 Å². The number of carbonyl (C=O) groups is 1. The number of hydrogen-bond donors (Lipinski definition) is 0. The maximum absolute atomic E-state index is 13.7. The van der Waals surface area contributed by atoms with E-state index in [2.05, 4.69) is 11.7 Å². The first-order valence-electron chi connectivity index (χ1n) is 10.2. The second kappa shape index (κ2) is 10.1. The highest BCUT2D eigenvalue weighted by Gasteiger charge is 2.25. The van der Waals surface area contributed by atoms with E-state index >= 15 is 0 Å². The lowest BCUT2D eigenvalue weighted by atomic mass is 9.91. The third kappa shape index (κ3) is 5.19. The Labute approximate surface area is 173 Å². The lowest BCUT2D eigenvalue weighted by Gasteiger charge is -2.29. The van der Waals surface area contributed by atoms with Crippen LogP contribution in [0.15, 0.2) is 30.3 Å². The van der Waals surface area contributed by atoms with Crippen LogP contribution < -0.4 is 4.74 Å². The fourth-order valence-electron chi connectivity index (χ4n) is 3.61. The minimum atomic E-state index is -1.76. The van der Waals surface area contributed by atoms with Crippen molar-refractivity contribution in [3.63, 3.8) is 0 Å². The smallest absolute Gasteiger partial charge is 0.343 e. The minimum absolute atomic E-state index is 0.00419. The average molecular weight is 424 g/mol. The van der Waals surface area contributed by atoms with Crippen LogP contribution in [0.3, 0.4) is 0 Å². The quantitative estimate of drug-likeness (QED) is 0.167. The summed E-state index contributed by atoms with van der Waals surface area (Å²) in [6, 6.07) is 6.27. The van der Waals surface area contributed by atoms with Crippen molar-refractivity contribution in [3.8, 4) is 5.75 Å². The van der Waals surface area contributed by atoms with Crippen LogP contribution in [0.5, 0.6) is 5.75 Å². The van der Waals surface area contributed by atoms with Crippen LogP contribution in [0, 0.1) is 29.2 Å². The lowest BCUT2D eigenvalue weighted by Crippen LogP contribution is -2.21. The molecule has 0 amide bonds. The van der Waals surface area contributed by atoms with Gasteiger partial charge in [0.25, 0.3) is 0 Å². The van der Waals surface area contributed by atoms with E-state index in [1.807, 2.05) is 0 Å². The minimum Gasteiger partial charge on any atom is -0.416 e. The molecule has 0 aromatic heterocycles. The number of esters is 1. The molecule has 162 valence electrons. The molecule has 1 saturated heterocycles. The Morgan fingerprint density at radius 1 is 1.03 bits per heavy atom. The van der Waals surface area contributed by atoms with Crippen molar-refractivity contribution >= 4 is 5.97 Å². The predicted octanol–water partition coefficient (Wildman–Crippen LogP) is 6.51. The highest BCUT2D eigenvalue weighted by Crippen LogP contribution is 2.33. The molecule has 2 atom stereocenters. The van der Waals surface area contributed by atoms with Crippen molar-refractivity contribution in [3.05, 3.63) is 64.7 Å². The summed E-state index contributed by atoms with van der Waals surface area (Å²) in [5, 5.41) is 0. The number of unbranched alkanes of at least 4 members (excludes halogenated alkanes) is 2. The molecule has 0 radical (unpaired) electrons. The summed E-state index contributed by atoms with van der Waals surface area (Å²) in [6.45, 7) is 2.87. The van der Waals surface area contributed by atoms with Crippen molar-refractivity contribution in [1.82, 2.24) is 0 Å². The summed E-state index contributed by atoms with van der Waals surface area (Å²) in [5.41, 5.74) is 0.878. The topological polar surface area (TPSA) is 35.5 Å². The second-order valence-corrected chi connectivity index (χ2v) is 7.57. The van der Waals surface area contributed by atoms with Gasteiger partial charge in [-0.3, -0.25) is 0 Å². The first-order valence-corrected chi connectivity index (χ1v) is 10.2. The summed E-state index contributed by atoms with van der Waals surface area (Å²) in [4.78, 5) is 12.2. The largest absolute Gasteiger partial charge is 0.416 e. The molecule has 1 fully saturated rings. The predicted molar refractivity (Wildman–Crippen MR) is 103 cm³/mol. The zero-order valence-electron chi connectivity index (χ0n) is 16.7. The summed E-state index contributed by atoms with van der Waals surface area (Å²) < 4.78 is 64.4. The molecule has 2 aromatic rings. The first kappa shape index (κ1) is 22.3. The highest BCUT2D eigenvalue weighted by molar-refractivity contribution is 5.91. The van der Waals surface area contributed by atoms with Crippen LogP contribution in [-0.2, 0) is 4.74 Å². The number of carbonyl (C=O) groups excluding carboxylic acids is 1.